The molecule has 126 valence electrons. The van der Waals surface area contributed by atoms with Gasteiger partial charge in [-0.1, -0.05) is 18.2 Å². The lowest BCUT2D eigenvalue weighted by molar-refractivity contribution is -0.147. The van der Waals surface area contributed by atoms with Crippen LogP contribution in [0.1, 0.15) is 33.1 Å². The van der Waals surface area contributed by atoms with Gasteiger partial charge >= 0.3 is 0 Å². The smallest absolute Gasteiger partial charge is 0.239 e. The van der Waals surface area contributed by atoms with Crippen LogP contribution in [-0.2, 0) is 9.59 Å². The molecule has 0 spiro atoms. The second kappa shape index (κ2) is 6.59. The van der Waals surface area contributed by atoms with E-state index in [1.807, 2.05) is 35.2 Å². The third-order valence-electron chi connectivity index (χ3n) is 4.63. The number of fused-ring (bicyclic) bond motifs is 1. The summed E-state index contributed by atoms with van der Waals surface area (Å²) < 4.78 is 0. The zero-order valence-electron chi connectivity index (χ0n) is 14.2. The van der Waals surface area contributed by atoms with Crippen molar-refractivity contribution in [2.24, 2.45) is 5.41 Å². The molecule has 2 amide bonds. The number of nitrogens with zero attached hydrogens (tertiary/aromatic N) is 2. The number of carbonyl (C=O) groups is 2. The number of carbonyl (C=O) groups excluding carboxylic acids is 2. The standard InChI is InChI=1S/C19H23N3O2/c1-19(2,18(24)22-12-4-3-5-13-22)17(23)21-15-10-6-8-14-9-7-11-20-16(14)15/h6-11H,3-5,12-13H2,1-2H3,(H,21,23). The highest BCUT2D eigenvalue weighted by atomic mass is 16.2. The van der Waals surface area contributed by atoms with Crippen molar-refractivity contribution >= 4 is 28.4 Å². The van der Waals surface area contributed by atoms with Crippen LogP contribution >= 0.6 is 0 Å². The molecule has 0 atom stereocenters. The van der Waals surface area contributed by atoms with Gasteiger partial charge in [0.15, 0.2) is 0 Å². The average Bonchev–Trinajstić information content (AvgIpc) is 2.62. The summed E-state index contributed by atoms with van der Waals surface area (Å²) in [5.74, 6) is -0.399. The van der Waals surface area contributed by atoms with Gasteiger partial charge in [-0.2, -0.15) is 0 Å². The molecular weight excluding hydrogens is 302 g/mol. The molecule has 5 heteroatoms. The molecule has 1 aliphatic heterocycles. The molecule has 3 rings (SSSR count). The Morgan fingerprint density at radius 2 is 1.79 bits per heavy atom. The number of likely N-dealkylation sites (tertiary alicyclic amines) is 1. The van der Waals surface area contributed by atoms with Gasteiger partial charge in [-0.25, -0.2) is 0 Å². The predicted molar refractivity (Wildman–Crippen MR) is 94.6 cm³/mol. The minimum Gasteiger partial charge on any atom is -0.342 e. The Kier molecular flexibility index (Phi) is 4.51. The van der Waals surface area contributed by atoms with E-state index in [9.17, 15) is 9.59 Å². The van der Waals surface area contributed by atoms with Crippen LogP contribution in [0.2, 0.25) is 0 Å². The van der Waals surface area contributed by atoms with Crippen LogP contribution in [0.3, 0.4) is 0 Å². The van der Waals surface area contributed by atoms with Crippen LogP contribution in [0.5, 0.6) is 0 Å². The van der Waals surface area contributed by atoms with E-state index in [4.69, 9.17) is 0 Å². The van der Waals surface area contributed by atoms with Crippen molar-refractivity contribution in [1.82, 2.24) is 9.88 Å². The van der Waals surface area contributed by atoms with Crippen molar-refractivity contribution in [1.29, 1.82) is 0 Å². The normalized spacial score (nSPS) is 15.3. The molecule has 1 fully saturated rings. The molecule has 0 bridgehead atoms. The summed E-state index contributed by atoms with van der Waals surface area (Å²) in [6, 6.07) is 9.44. The van der Waals surface area contributed by atoms with Crippen LogP contribution in [-0.4, -0.2) is 34.8 Å². The molecule has 0 radical (unpaired) electrons. The molecule has 1 aromatic carbocycles. The average molecular weight is 325 g/mol. The maximum atomic E-state index is 12.8. The summed E-state index contributed by atoms with van der Waals surface area (Å²) in [4.78, 5) is 31.7. The number of hydrogen-bond donors (Lipinski definition) is 1. The molecule has 1 N–H and O–H groups in total. The van der Waals surface area contributed by atoms with Gasteiger partial charge in [0.05, 0.1) is 11.2 Å². The highest BCUT2D eigenvalue weighted by Crippen LogP contribution is 2.26. The van der Waals surface area contributed by atoms with Crippen LogP contribution in [0, 0.1) is 5.41 Å². The van der Waals surface area contributed by atoms with Crippen molar-refractivity contribution in [3.63, 3.8) is 0 Å². The van der Waals surface area contributed by atoms with Crippen molar-refractivity contribution in [2.45, 2.75) is 33.1 Å². The van der Waals surface area contributed by atoms with Gasteiger partial charge in [0.2, 0.25) is 11.8 Å². The van der Waals surface area contributed by atoms with Crippen molar-refractivity contribution in [2.75, 3.05) is 18.4 Å². The van der Waals surface area contributed by atoms with E-state index in [2.05, 4.69) is 10.3 Å². The van der Waals surface area contributed by atoms with E-state index in [-0.39, 0.29) is 11.8 Å². The van der Waals surface area contributed by atoms with Gasteiger partial charge in [-0.3, -0.25) is 14.6 Å². The Morgan fingerprint density at radius 1 is 1.08 bits per heavy atom. The number of rotatable bonds is 3. The molecule has 1 aromatic heterocycles. The van der Waals surface area contributed by atoms with E-state index in [0.717, 1.165) is 43.3 Å². The number of pyridine rings is 1. The number of aromatic nitrogens is 1. The molecular formula is C19H23N3O2. The summed E-state index contributed by atoms with van der Waals surface area (Å²) in [5.41, 5.74) is 0.265. The number of para-hydroxylation sites is 1. The molecule has 5 nitrogen and oxygen atoms in total. The van der Waals surface area contributed by atoms with Gasteiger partial charge in [-0.05, 0) is 45.2 Å². The van der Waals surface area contributed by atoms with Crippen molar-refractivity contribution in [3.8, 4) is 0 Å². The number of anilines is 1. The summed E-state index contributed by atoms with van der Waals surface area (Å²) in [7, 11) is 0. The number of nitrogens with one attached hydrogen (secondary N) is 1. The number of amides is 2. The van der Waals surface area contributed by atoms with E-state index in [0.29, 0.717) is 5.69 Å². The van der Waals surface area contributed by atoms with E-state index >= 15 is 0 Å². The molecule has 1 aliphatic rings. The monoisotopic (exact) mass is 325 g/mol. The maximum absolute atomic E-state index is 12.8. The zero-order chi connectivity index (χ0) is 17.2. The summed E-state index contributed by atoms with van der Waals surface area (Å²) in [5, 5.41) is 3.85. The lowest BCUT2D eigenvalue weighted by Gasteiger charge is -2.33. The van der Waals surface area contributed by atoms with Gasteiger partial charge in [0, 0.05) is 24.7 Å². The van der Waals surface area contributed by atoms with Crippen LogP contribution in [0.25, 0.3) is 10.9 Å². The number of piperidine rings is 1. The first-order valence-electron chi connectivity index (χ1n) is 8.45. The Morgan fingerprint density at radius 3 is 2.54 bits per heavy atom. The van der Waals surface area contributed by atoms with Crippen molar-refractivity contribution in [3.05, 3.63) is 36.5 Å². The summed E-state index contributed by atoms with van der Waals surface area (Å²) >= 11 is 0. The topological polar surface area (TPSA) is 62.3 Å². The maximum Gasteiger partial charge on any atom is 0.239 e. The fraction of sp³-hybridized carbons (Fsp3) is 0.421. The van der Waals surface area contributed by atoms with E-state index < -0.39 is 5.41 Å². The van der Waals surface area contributed by atoms with Crippen LogP contribution < -0.4 is 5.32 Å². The largest absolute Gasteiger partial charge is 0.342 e. The first kappa shape index (κ1) is 16.4. The zero-order valence-corrected chi connectivity index (χ0v) is 14.2. The number of hydrogen-bond acceptors (Lipinski definition) is 3. The second-order valence-corrected chi connectivity index (χ2v) is 6.81. The highest BCUT2D eigenvalue weighted by molar-refractivity contribution is 6.12. The molecule has 2 heterocycles. The third-order valence-corrected chi connectivity index (χ3v) is 4.63. The molecule has 1 saturated heterocycles. The molecule has 0 aliphatic carbocycles. The van der Waals surface area contributed by atoms with Crippen molar-refractivity contribution < 1.29 is 9.59 Å². The molecule has 2 aromatic rings. The Labute approximate surface area is 142 Å². The highest BCUT2D eigenvalue weighted by Gasteiger charge is 2.39. The van der Waals surface area contributed by atoms with Gasteiger partial charge in [0.25, 0.3) is 0 Å². The minimum atomic E-state index is -1.10. The molecule has 0 unspecified atom stereocenters. The van der Waals surface area contributed by atoms with Crippen LogP contribution in [0.4, 0.5) is 5.69 Å². The van der Waals surface area contributed by atoms with Crippen LogP contribution in [0.15, 0.2) is 36.5 Å². The Hall–Kier alpha value is -2.43. The third kappa shape index (κ3) is 3.11. The van der Waals surface area contributed by atoms with E-state index in [1.165, 1.54) is 0 Å². The second-order valence-electron chi connectivity index (χ2n) is 6.81. The van der Waals surface area contributed by atoms with Gasteiger partial charge < -0.3 is 10.2 Å². The quantitative estimate of drug-likeness (QED) is 0.882. The lowest BCUT2D eigenvalue weighted by atomic mass is 9.89. The molecule has 24 heavy (non-hydrogen) atoms. The number of benzene rings is 1. The fourth-order valence-electron chi connectivity index (χ4n) is 3.07. The minimum absolute atomic E-state index is 0.104. The van der Waals surface area contributed by atoms with Gasteiger partial charge in [0.1, 0.15) is 5.41 Å². The lowest BCUT2D eigenvalue weighted by Crippen LogP contribution is -2.49. The SMILES string of the molecule is CC(C)(C(=O)Nc1cccc2cccnc12)C(=O)N1CCCCC1. The Balaban J connectivity index is 1.81. The summed E-state index contributed by atoms with van der Waals surface area (Å²) in [6.07, 6.45) is 4.87. The first-order valence-corrected chi connectivity index (χ1v) is 8.45. The Bertz CT molecular complexity index is 759. The molecule has 0 saturated carbocycles. The summed E-state index contributed by atoms with van der Waals surface area (Å²) in [6.45, 7) is 4.87. The first-order chi connectivity index (χ1) is 11.5. The fourth-order valence-corrected chi connectivity index (χ4v) is 3.07. The van der Waals surface area contributed by atoms with E-state index in [1.54, 1.807) is 20.0 Å². The van der Waals surface area contributed by atoms with Gasteiger partial charge in [-0.15, -0.1) is 0 Å². The predicted octanol–water partition coefficient (Wildman–Crippen LogP) is 3.21.